The first-order valence-electron chi connectivity index (χ1n) is 7.25. The van der Waals surface area contributed by atoms with Crippen molar-refractivity contribution in [1.82, 2.24) is 0 Å². The van der Waals surface area contributed by atoms with E-state index in [1.807, 2.05) is 6.08 Å². The predicted molar refractivity (Wildman–Crippen MR) is 89.7 cm³/mol. The van der Waals surface area contributed by atoms with Crippen LogP contribution < -0.4 is 0 Å². The van der Waals surface area contributed by atoms with Crippen LogP contribution in [0.3, 0.4) is 0 Å². The zero-order valence-electron chi connectivity index (χ0n) is 13.7. The standard InChI is InChI=1S/C18H28OS/c1-8-9-16(12-18(5,6)7)20(19)17-14(3)10-13(2)11-15(17)4/h8,10-11,16H,1,9,12H2,2-7H3/t16-,20?/m1/s1. The fourth-order valence-corrected chi connectivity index (χ4v) is 4.81. The van der Waals surface area contributed by atoms with E-state index in [1.54, 1.807) is 0 Å². The first-order valence-corrected chi connectivity index (χ1v) is 8.46. The highest BCUT2D eigenvalue weighted by Gasteiger charge is 2.25. The molecule has 0 bridgehead atoms. The lowest BCUT2D eigenvalue weighted by atomic mass is 9.89. The summed E-state index contributed by atoms with van der Waals surface area (Å²) < 4.78 is 13.0. The lowest BCUT2D eigenvalue weighted by Crippen LogP contribution is -2.23. The molecule has 0 spiro atoms. The molecule has 1 unspecified atom stereocenters. The molecule has 1 aromatic rings. The van der Waals surface area contributed by atoms with Crippen molar-refractivity contribution in [2.45, 2.75) is 64.5 Å². The summed E-state index contributed by atoms with van der Waals surface area (Å²) in [6.45, 7) is 16.7. The minimum absolute atomic E-state index is 0.146. The van der Waals surface area contributed by atoms with Gasteiger partial charge in [0.05, 0.1) is 10.8 Å². The maximum Gasteiger partial charge on any atom is 0.0569 e. The van der Waals surface area contributed by atoms with Gasteiger partial charge >= 0.3 is 0 Å². The summed E-state index contributed by atoms with van der Waals surface area (Å²) in [6.07, 6.45) is 3.64. The molecular weight excluding hydrogens is 264 g/mol. The maximum absolute atomic E-state index is 13.0. The van der Waals surface area contributed by atoms with E-state index in [-0.39, 0.29) is 10.7 Å². The third kappa shape index (κ3) is 4.59. The van der Waals surface area contributed by atoms with Gasteiger partial charge in [-0.1, -0.05) is 44.5 Å². The molecule has 0 saturated heterocycles. The Balaban J connectivity index is 3.16. The summed E-state index contributed by atoms with van der Waals surface area (Å²) in [5.41, 5.74) is 3.69. The molecule has 1 rings (SSSR count). The fourth-order valence-electron chi connectivity index (χ4n) is 2.77. The average Bonchev–Trinajstić information content (AvgIpc) is 2.24. The normalized spacial score (nSPS) is 14.9. The van der Waals surface area contributed by atoms with E-state index in [0.717, 1.165) is 28.9 Å². The van der Waals surface area contributed by atoms with Gasteiger partial charge in [0, 0.05) is 10.1 Å². The molecule has 2 atom stereocenters. The Morgan fingerprint density at radius 1 is 1.20 bits per heavy atom. The molecule has 1 aromatic carbocycles. The third-order valence-electron chi connectivity index (χ3n) is 3.38. The van der Waals surface area contributed by atoms with Gasteiger partial charge in [-0.25, -0.2) is 0 Å². The van der Waals surface area contributed by atoms with Crippen molar-refractivity contribution in [2.75, 3.05) is 0 Å². The van der Waals surface area contributed by atoms with Crippen molar-refractivity contribution in [2.24, 2.45) is 5.41 Å². The Kier molecular flexibility index (Phi) is 5.76. The quantitative estimate of drug-likeness (QED) is 0.690. The van der Waals surface area contributed by atoms with Gasteiger partial charge in [0.1, 0.15) is 0 Å². The maximum atomic E-state index is 13.0. The Morgan fingerprint density at radius 2 is 1.70 bits per heavy atom. The molecule has 0 amide bonds. The second kappa shape index (κ2) is 6.71. The zero-order valence-corrected chi connectivity index (χ0v) is 14.6. The Labute approximate surface area is 126 Å². The monoisotopic (exact) mass is 292 g/mol. The van der Waals surface area contributed by atoms with Gasteiger partial charge < -0.3 is 0 Å². The van der Waals surface area contributed by atoms with E-state index < -0.39 is 10.8 Å². The van der Waals surface area contributed by atoms with Crippen LogP contribution in [0.5, 0.6) is 0 Å². The van der Waals surface area contributed by atoms with Crippen molar-refractivity contribution < 1.29 is 4.21 Å². The molecular formula is C18H28OS. The molecule has 20 heavy (non-hydrogen) atoms. The largest absolute Gasteiger partial charge is 0.254 e. The third-order valence-corrected chi connectivity index (χ3v) is 5.39. The molecule has 0 fully saturated rings. The highest BCUT2D eigenvalue weighted by Crippen LogP contribution is 2.30. The lowest BCUT2D eigenvalue weighted by Gasteiger charge is -2.26. The molecule has 0 N–H and O–H groups in total. The highest BCUT2D eigenvalue weighted by molar-refractivity contribution is 7.85. The molecule has 0 heterocycles. The summed E-state index contributed by atoms with van der Waals surface area (Å²) in [4.78, 5) is 1.02. The van der Waals surface area contributed by atoms with Gasteiger partial charge in [-0.15, -0.1) is 6.58 Å². The van der Waals surface area contributed by atoms with E-state index in [4.69, 9.17) is 0 Å². The van der Waals surface area contributed by atoms with Gasteiger partial charge in [-0.2, -0.15) is 0 Å². The van der Waals surface area contributed by atoms with Crippen LogP contribution in [0.1, 0.15) is 50.3 Å². The molecule has 1 nitrogen and oxygen atoms in total. The van der Waals surface area contributed by atoms with E-state index in [2.05, 4.69) is 60.3 Å². The molecule has 0 aromatic heterocycles. The van der Waals surface area contributed by atoms with Crippen LogP contribution in [0.2, 0.25) is 0 Å². The molecule has 2 heteroatoms. The van der Waals surface area contributed by atoms with Crippen LogP contribution >= 0.6 is 0 Å². The molecule has 0 aliphatic carbocycles. The molecule has 0 aliphatic rings. The Bertz CT molecular complexity index is 486. The van der Waals surface area contributed by atoms with Crippen LogP contribution in [0, 0.1) is 26.2 Å². The number of aryl methyl sites for hydroxylation is 3. The number of hydrogen-bond donors (Lipinski definition) is 0. The molecule has 0 saturated carbocycles. The fraction of sp³-hybridized carbons (Fsp3) is 0.556. The van der Waals surface area contributed by atoms with Crippen LogP contribution in [0.15, 0.2) is 29.7 Å². The van der Waals surface area contributed by atoms with Crippen molar-refractivity contribution in [3.8, 4) is 0 Å². The van der Waals surface area contributed by atoms with Gasteiger partial charge in [0.25, 0.3) is 0 Å². The first-order chi connectivity index (χ1) is 9.15. The molecule has 0 radical (unpaired) electrons. The first kappa shape index (κ1) is 17.2. The summed E-state index contributed by atoms with van der Waals surface area (Å²) in [5.74, 6) is 0. The van der Waals surface area contributed by atoms with Crippen LogP contribution in [0.25, 0.3) is 0 Å². The summed E-state index contributed by atoms with van der Waals surface area (Å²) in [5, 5.41) is 0.146. The highest BCUT2D eigenvalue weighted by atomic mass is 32.2. The predicted octanol–water partition coefficient (Wildman–Crippen LogP) is 5.10. The average molecular weight is 292 g/mol. The zero-order chi connectivity index (χ0) is 15.5. The minimum atomic E-state index is -0.970. The van der Waals surface area contributed by atoms with E-state index >= 15 is 0 Å². The molecule has 112 valence electrons. The van der Waals surface area contributed by atoms with Gasteiger partial charge in [-0.3, -0.25) is 4.21 Å². The number of hydrogen-bond acceptors (Lipinski definition) is 1. The van der Waals surface area contributed by atoms with Crippen LogP contribution in [0.4, 0.5) is 0 Å². The smallest absolute Gasteiger partial charge is 0.0569 e. The van der Waals surface area contributed by atoms with Crippen molar-refractivity contribution in [3.05, 3.63) is 41.5 Å². The summed E-state index contributed by atoms with van der Waals surface area (Å²) in [7, 11) is -0.970. The SMILES string of the molecule is C=CC[C@H](CC(C)(C)C)S(=O)c1c(C)cc(C)cc1C. The van der Waals surface area contributed by atoms with Crippen molar-refractivity contribution >= 4 is 10.8 Å². The van der Waals surface area contributed by atoms with E-state index in [9.17, 15) is 4.21 Å². The Hall–Kier alpha value is -0.890. The number of rotatable bonds is 5. The van der Waals surface area contributed by atoms with E-state index in [1.165, 1.54) is 5.56 Å². The van der Waals surface area contributed by atoms with E-state index in [0.29, 0.717) is 0 Å². The van der Waals surface area contributed by atoms with Gasteiger partial charge in [0.15, 0.2) is 0 Å². The summed E-state index contributed by atoms with van der Waals surface area (Å²) in [6, 6.07) is 4.25. The summed E-state index contributed by atoms with van der Waals surface area (Å²) >= 11 is 0. The Morgan fingerprint density at radius 3 is 2.10 bits per heavy atom. The second-order valence-electron chi connectivity index (χ2n) is 6.94. The minimum Gasteiger partial charge on any atom is -0.254 e. The van der Waals surface area contributed by atoms with Crippen LogP contribution in [-0.2, 0) is 10.8 Å². The van der Waals surface area contributed by atoms with Gasteiger partial charge in [0.2, 0.25) is 0 Å². The lowest BCUT2D eigenvalue weighted by molar-refractivity contribution is 0.369. The number of allylic oxidation sites excluding steroid dienone is 1. The van der Waals surface area contributed by atoms with Crippen LogP contribution in [-0.4, -0.2) is 9.46 Å². The second-order valence-corrected chi connectivity index (χ2v) is 8.61. The van der Waals surface area contributed by atoms with Gasteiger partial charge in [-0.05, 0) is 50.2 Å². The molecule has 0 aliphatic heterocycles. The van der Waals surface area contributed by atoms with Crippen molar-refractivity contribution in [3.63, 3.8) is 0 Å². The number of benzene rings is 1. The van der Waals surface area contributed by atoms with Crippen molar-refractivity contribution in [1.29, 1.82) is 0 Å². The topological polar surface area (TPSA) is 17.1 Å².